The fraction of sp³-hybridized carbons (Fsp3) is 0.500. The molecule has 6 heavy (non-hydrogen) atoms. The molecule has 1 radical (unpaired) electrons. The Morgan fingerprint density at radius 3 is 2.33 bits per heavy atom. The van der Waals surface area contributed by atoms with Gasteiger partial charge in [0.05, 0.1) is 0 Å². The van der Waals surface area contributed by atoms with Gasteiger partial charge in [-0.05, 0) is 22.4 Å². The number of hydrogen-bond acceptors (Lipinski definition) is 0. The van der Waals surface area contributed by atoms with Crippen molar-refractivity contribution in [2.45, 2.75) is 13.3 Å². The Bertz CT molecular complexity index is 56.6. The Morgan fingerprint density at radius 2 is 2.33 bits per heavy atom. The van der Waals surface area contributed by atoms with E-state index in [1.165, 1.54) is 0 Å². The van der Waals surface area contributed by atoms with E-state index in [9.17, 15) is 0 Å². The summed E-state index contributed by atoms with van der Waals surface area (Å²) in [7, 11) is 0. The summed E-state index contributed by atoms with van der Waals surface area (Å²) >= 11 is 6.28. The van der Waals surface area contributed by atoms with Gasteiger partial charge in [-0.25, -0.2) is 0 Å². The first-order valence-corrected chi connectivity index (χ1v) is 3.27. The van der Waals surface area contributed by atoms with Crippen LogP contribution in [0.4, 0.5) is 0 Å². The topological polar surface area (TPSA) is 0 Å². The molecule has 0 saturated carbocycles. The summed E-state index contributed by atoms with van der Waals surface area (Å²) in [5.74, 6) is 0. The fourth-order valence-corrected chi connectivity index (χ4v) is 0.347. The SMILES string of the molecule is CC/C(Br)=[C]\Br. The highest BCUT2D eigenvalue weighted by molar-refractivity contribution is 9.13. The zero-order valence-corrected chi connectivity index (χ0v) is 6.64. The molecule has 0 aromatic rings. The highest BCUT2D eigenvalue weighted by Crippen LogP contribution is 2.09. The van der Waals surface area contributed by atoms with Gasteiger partial charge < -0.3 is 0 Å². The van der Waals surface area contributed by atoms with Crippen LogP contribution in [0, 0.1) is 4.99 Å². The van der Waals surface area contributed by atoms with Crippen molar-refractivity contribution < 1.29 is 0 Å². The molecule has 0 N–H and O–H groups in total. The van der Waals surface area contributed by atoms with E-state index in [1.54, 1.807) is 0 Å². The van der Waals surface area contributed by atoms with Gasteiger partial charge in [0.1, 0.15) is 0 Å². The van der Waals surface area contributed by atoms with Gasteiger partial charge in [0.2, 0.25) is 0 Å². The monoisotopic (exact) mass is 211 g/mol. The quantitative estimate of drug-likeness (QED) is 0.628. The zero-order chi connectivity index (χ0) is 4.99. The second kappa shape index (κ2) is 3.88. The minimum absolute atomic E-state index is 1.01. The first-order chi connectivity index (χ1) is 2.81. The summed E-state index contributed by atoms with van der Waals surface area (Å²) in [4.78, 5) is 2.76. The standard InChI is InChI=1S/C4H5Br2/c1-2-4(6)3-5/h2H2,1H3. The van der Waals surface area contributed by atoms with Crippen molar-refractivity contribution in [2.24, 2.45) is 0 Å². The minimum atomic E-state index is 1.01. The van der Waals surface area contributed by atoms with Crippen molar-refractivity contribution in [1.82, 2.24) is 0 Å². The molecular formula is C4H5Br2. The Hall–Kier alpha value is 0.700. The molecule has 0 aromatic carbocycles. The zero-order valence-electron chi connectivity index (χ0n) is 3.46. The molecule has 0 heterocycles. The normalized spacial score (nSPS) is 12.2. The Morgan fingerprint density at radius 1 is 1.83 bits per heavy atom. The molecule has 0 aliphatic carbocycles. The van der Waals surface area contributed by atoms with Crippen LogP contribution in [0.25, 0.3) is 0 Å². The number of hydrogen-bond donors (Lipinski definition) is 0. The van der Waals surface area contributed by atoms with Crippen molar-refractivity contribution >= 4 is 31.9 Å². The Kier molecular flexibility index (Phi) is 4.33. The summed E-state index contributed by atoms with van der Waals surface area (Å²) in [5.41, 5.74) is 0. The molecule has 0 saturated heterocycles. The van der Waals surface area contributed by atoms with Crippen LogP contribution >= 0.6 is 31.9 Å². The summed E-state index contributed by atoms with van der Waals surface area (Å²) in [5, 5.41) is 0. The van der Waals surface area contributed by atoms with Gasteiger partial charge in [-0.3, -0.25) is 0 Å². The summed E-state index contributed by atoms with van der Waals surface area (Å²) in [6.45, 7) is 2.05. The van der Waals surface area contributed by atoms with E-state index >= 15 is 0 Å². The molecular weight excluding hydrogens is 208 g/mol. The van der Waals surface area contributed by atoms with E-state index in [-0.39, 0.29) is 0 Å². The molecule has 0 fully saturated rings. The smallest absolute Gasteiger partial charge is 0.0426 e. The van der Waals surface area contributed by atoms with E-state index in [2.05, 4.69) is 43.8 Å². The number of halogens is 2. The molecule has 2 heteroatoms. The van der Waals surface area contributed by atoms with E-state index in [1.807, 2.05) is 0 Å². The molecule has 0 aliphatic rings. The maximum Gasteiger partial charge on any atom is 0.0426 e. The summed E-state index contributed by atoms with van der Waals surface area (Å²) in [6.07, 6.45) is 1.01. The molecule has 0 bridgehead atoms. The average Bonchev–Trinajstić information content (AvgIpc) is 1.65. The largest absolute Gasteiger partial charge is 0.0607 e. The van der Waals surface area contributed by atoms with Crippen LogP contribution in [0.3, 0.4) is 0 Å². The number of allylic oxidation sites excluding steroid dienone is 1. The number of rotatable bonds is 1. The lowest BCUT2D eigenvalue weighted by molar-refractivity contribution is 1.21. The maximum atomic E-state index is 3.23. The average molecular weight is 213 g/mol. The van der Waals surface area contributed by atoms with Gasteiger partial charge in [-0.15, -0.1) is 0 Å². The molecule has 0 aliphatic heterocycles. The molecule has 0 atom stereocenters. The Balaban J connectivity index is 3.22. The first-order valence-electron chi connectivity index (χ1n) is 1.69. The molecule has 0 amide bonds. The molecule has 0 rings (SSSR count). The predicted molar refractivity (Wildman–Crippen MR) is 34.9 cm³/mol. The van der Waals surface area contributed by atoms with E-state index in [0.29, 0.717) is 0 Å². The van der Waals surface area contributed by atoms with Crippen LogP contribution in [0.2, 0.25) is 0 Å². The van der Waals surface area contributed by atoms with Crippen molar-refractivity contribution in [3.63, 3.8) is 0 Å². The van der Waals surface area contributed by atoms with Crippen molar-refractivity contribution in [2.75, 3.05) is 0 Å². The van der Waals surface area contributed by atoms with Crippen LogP contribution in [0.15, 0.2) is 4.48 Å². The highest BCUT2D eigenvalue weighted by atomic mass is 79.9. The van der Waals surface area contributed by atoms with Crippen molar-refractivity contribution in [3.8, 4) is 0 Å². The molecule has 0 nitrogen and oxygen atoms in total. The summed E-state index contributed by atoms with van der Waals surface area (Å²) in [6, 6.07) is 0. The predicted octanol–water partition coefficient (Wildman–Crippen LogP) is 2.83. The second-order valence-corrected chi connectivity index (χ2v) is 2.21. The lowest BCUT2D eigenvalue weighted by atomic mass is 10.5. The van der Waals surface area contributed by atoms with Gasteiger partial charge in [0, 0.05) is 9.47 Å². The van der Waals surface area contributed by atoms with Gasteiger partial charge in [-0.1, -0.05) is 22.9 Å². The third kappa shape index (κ3) is 2.91. The molecule has 0 spiro atoms. The second-order valence-electron chi connectivity index (χ2n) is 0.853. The van der Waals surface area contributed by atoms with E-state index in [4.69, 9.17) is 0 Å². The van der Waals surface area contributed by atoms with E-state index in [0.717, 1.165) is 10.9 Å². The van der Waals surface area contributed by atoms with Crippen LogP contribution < -0.4 is 0 Å². The van der Waals surface area contributed by atoms with Gasteiger partial charge in [-0.2, -0.15) is 0 Å². The van der Waals surface area contributed by atoms with E-state index < -0.39 is 0 Å². The summed E-state index contributed by atoms with van der Waals surface area (Å²) < 4.78 is 1.07. The van der Waals surface area contributed by atoms with Crippen LogP contribution in [0.5, 0.6) is 0 Å². The van der Waals surface area contributed by atoms with Crippen LogP contribution in [-0.2, 0) is 0 Å². The highest BCUT2D eigenvalue weighted by Gasteiger charge is 1.78. The fourth-order valence-electron chi connectivity index (χ4n) is 0.0668. The minimum Gasteiger partial charge on any atom is -0.0607 e. The first kappa shape index (κ1) is 6.70. The third-order valence-corrected chi connectivity index (χ3v) is 2.18. The molecule has 35 valence electrons. The molecule has 0 unspecified atom stereocenters. The van der Waals surface area contributed by atoms with Crippen molar-refractivity contribution in [3.05, 3.63) is 9.47 Å². The van der Waals surface area contributed by atoms with Gasteiger partial charge in [0.25, 0.3) is 0 Å². The van der Waals surface area contributed by atoms with Crippen LogP contribution in [0.1, 0.15) is 13.3 Å². The van der Waals surface area contributed by atoms with Crippen LogP contribution in [-0.4, -0.2) is 0 Å². The Labute approximate surface area is 54.9 Å². The lowest BCUT2D eigenvalue weighted by Gasteiger charge is -1.79. The van der Waals surface area contributed by atoms with Gasteiger partial charge in [0.15, 0.2) is 0 Å². The van der Waals surface area contributed by atoms with Gasteiger partial charge >= 0.3 is 0 Å². The van der Waals surface area contributed by atoms with Crippen molar-refractivity contribution in [1.29, 1.82) is 0 Å². The lowest BCUT2D eigenvalue weighted by Crippen LogP contribution is -1.56. The third-order valence-electron chi connectivity index (χ3n) is 0.413. The molecule has 0 aromatic heterocycles. The maximum absolute atomic E-state index is 3.23.